The molecular formula is C10H16NO7P2+. The van der Waals surface area contributed by atoms with Gasteiger partial charge in [0.1, 0.15) is 6.29 Å². The molecule has 0 spiro atoms. The summed E-state index contributed by atoms with van der Waals surface area (Å²) in [6.45, 7) is -0.625. The molecule has 1 aromatic carbocycles. The maximum Gasteiger partial charge on any atom is 0.420 e. The quantitative estimate of drug-likeness (QED) is 0.297. The Balaban J connectivity index is 2.82. The Morgan fingerprint density at radius 1 is 1.20 bits per heavy atom. The molecular weight excluding hydrogens is 308 g/mol. The van der Waals surface area contributed by atoms with Gasteiger partial charge in [-0.3, -0.25) is 9.88 Å². The molecule has 0 aromatic heterocycles. The third-order valence-corrected chi connectivity index (χ3v) is 6.38. The number of carbonyl (C=O) groups excluding carboxylic acids is 1. The monoisotopic (exact) mass is 324 g/mol. The summed E-state index contributed by atoms with van der Waals surface area (Å²) in [5.41, 5.74) is 0.546. The Hall–Kier alpha value is -0.690. The van der Waals surface area contributed by atoms with E-state index in [-0.39, 0.29) is 0 Å². The summed E-state index contributed by atoms with van der Waals surface area (Å²) >= 11 is 0. The predicted octanol–water partition coefficient (Wildman–Crippen LogP) is -0.240. The van der Waals surface area contributed by atoms with Gasteiger partial charge in [-0.1, -0.05) is 30.3 Å². The average molecular weight is 324 g/mol. The number of aldehydes is 1. The molecule has 0 saturated carbocycles. The first-order chi connectivity index (χ1) is 9.16. The average Bonchev–Trinajstić information content (AvgIpc) is 2.32. The number of hydrogen-bond donors (Lipinski definition) is 6. The smallest absolute Gasteiger partial charge is 0.321 e. The molecule has 0 amide bonds. The Bertz CT molecular complexity index is 484. The summed E-state index contributed by atoms with van der Waals surface area (Å²) in [7, 11) is -9.68. The van der Waals surface area contributed by atoms with E-state index in [4.69, 9.17) is 24.5 Å². The van der Waals surface area contributed by atoms with Crippen molar-refractivity contribution < 1.29 is 33.8 Å². The van der Waals surface area contributed by atoms with Crippen LogP contribution in [0.25, 0.3) is 0 Å². The van der Waals surface area contributed by atoms with Crippen molar-refractivity contribution in [1.29, 1.82) is 0 Å². The fourth-order valence-corrected chi connectivity index (χ4v) is 3.89. The zero-order chi connectivity index (χ0) is 15.4. The van der Waals surface area contributed by atoms with E-state index >= 15 is 0 Å². The molecule has 0 aliphatic rings. The highest BCUT2D eigenvalue weighted by Crippen LogP contribution is 2.64. The maximum absolute atomic E-state index is 11.1. The van der Waals surface area contributed by atoms with Crippen LogP contribution in [0.4, 0.5) is 0 Å². The Morgan fingerprint density at radius 3 is 2.15 bits per heavy atom. The van der Waals surface area contributed by atoms with Gasteiger partial charge in [-0.15, -0.1) is 0 Å². The highest BCUT2D eigenvalue weighted by atomic mass is 31.3. The fourth-order valence-electron chi connectivity index (χ4n) is 1.58. The topological polar surface area (TPSA) is 147 Å². The number of carbonyl (C=O) groups is 1. The van der Waals surface area contributed by atoms with Crippen LogP contribution < -0.4 is 5.32 Å². The zero-order valence-corrected chi connectivity index (χ0v) is 12.1. The van der Waals surface area contributed by atoms with Crippen LogP contribution >= 0.6 is 15.5 Å². The molecule has 0 fully saturated rings. The summed E-state index contributed by atoms with van der Waals surface area (Å²) in [5, 5.41) is 0.418. The van der Waals surface area contributed by atoms with E-state index in [2.05, 4.69) is 5.32 Å². The molecule has 0 aliphatic heterocycles. The van der Waals surface area contributed by atoms with Crippen molar-refractivity contribution in [2.75, 3.05) is 6.54 Å². The van der Waals surface area contributed by atoms with Gasteiger partial charge >= 0.3 is 15.5 Å². The van der Waals surface area contributed by atoms with Crippen LogP contribution in [0.3, 0.4) is 0 Å². The van der Waals surface area contributed by atoms with E-state index < -0.39 is 33.5 Å². The first kappa shape index (κ1) is 17.4. The van der Waals surface area contributed by atoms with Gasteiger partial charge in [-0.2, -0.15) is 14.7 Å². The molecule has 6 N–H and O–H groups in total. The molecule has 10 heteroatoms. The van der Waals surface area contributed by atoms with Gasteiger partial charge in [0, 0.05) is 0 Å². The molecule has 0 aliphatic carbocycles. The van der Waals surface area contributed by atoms with E-state index in [0.717, 1.165) is 0 Å². The lowest BCUT2D eigenvalue weighted by atomic mass is 10.1. The van der Waals surface area contributed by atoms with E-state index in [1.54, 1.807) is 30.3 Å². The van der Waals surface area contributed by atoms with Gasteiger partial charge in [0.25, 0.3) is 5.40 Å². The number of nitrogens with one attached hydrogen (secondary N) is 1. The first-order valence-electron chi connectivity index (χ1n) is 5.52. The molecule has 1 rings (SSSR count). The molecule has 20 heavy (non-hydrogen) atoms. The predicted molar refractivity (Wildman–Crippen MR) is 72.7 cm³/mol. The lowest BCUT2D eigenvalue weighted by Gasteiger charge is -2.20. The Morgan fingerprint density at radius 2 is 1.75 bits per heavy atom. The highest BCUT2D eigenvalue weighted by Gasteiger charge is 2.54. The van der Waals surface area contributed by atoms with Crippen molar-refractivity contribution in [1.82, 2.24) is 5.32 Å². The van der Waals surface area contributed by atoms with Crippen molar-refractivity contribution >= 4 is 21.8 Å². The SMILES string of the molecule is O=C[C@H](NCC(P(=O)(O)O)[P+](O)(O)O)c1ccccc1. The van der Waals surface area contributed by atoms with Crippen LogP contribution in [-0.2, 0) is 9.36 Å². The van der Waals surface area contributed by atoms with E-state index in [1.807, 2.05) is 0 Å². The van der Waals surface area contributed by atoms with Crippen LogP contribution in [0.5, 0.6) is 0 Å². The van der Waals surface area contributed by atoms with Crippen molar-refractivity contribution in [3.63, 3.8) is 0 Å². The molecule has 0 saturated heterocycles. The molecule has 0 heterocycles. The van der Waals surface area contributed by atoms with Gasteiger partial charge in [0.05, 0.1) is 12.6 Å². The van der Waals surface area contributed by atoms with Crippen molar-refractivity contribution in [3.8, 4) is 0 Å². The van der Waals surface area contributed by atoms with E-state index in [0.29, 0.717) is 11.8 Å². The minimum absolute atomic E-state index is 0.512. The zero-order valence-electron chi connectivity index (χ0n) is 10.3. The molecule has 8 nitrogen and oxygen atoms in total. The summed E-state index contributed by atoms with van der Waals surface area (Å²) in [4.78, 5) is 56.2. The third-order valence-electron chi connectivity index (χ3n) is 2.60. The van der Waals surface area contributed by atoms with Gasteiger partial charge in [0.15, 0.2) is 0 Å². The molecule has 2 atom stereocenters. The molecule has 0 radical (unpaired) electrons. The molecule has 1 aromatic rings. The van der Waals surface area contributed by atoms with Crippen LogP contribution in [-0.4, -0.2) is 42.7 Å². The largest absolute Gasteiger partial charge is 0.420 e. The highest BCUT2D eigenvalue weighted by molar-refractivity contribution is 7.74. The second-order valence-corrected chi connectivity index (χ2v) is 8.18. The third kappa shape index (κ3) is 5.01. The summed E-state index contributed by atoms with van der Waals surface area (Å²) in [6.07, 6.45) is 0.512. The van der Waals surface area contributed by atoms with Crippen LogP contribution in [0.1, 0.15) is 11.6 Å². The van der Waals surface area contributed by atoms with Crippen LogP contribution in [0, 0.1) is 0 Å². The van der Waals surface area contributed by atoms with Crippen molar-refractivity contribution in [2.24, 2.45) is 0 Å². The number of rotatable bonds is 7. The second kappa shape index (κ2) is 6.85. The van der Waals surface area contributed by atoms with Gasteiger partial charge in [0.2, 0.25) is 0 Å². The lowest BCUT2D eigenvalue weighted by molar-refractivity contribution is -0.109. The molecule has 0 bridgehead atoms. The summed E-state index contributed by atoms with van der Waals surface area (Å²) < 4.78 is 11.1. The van der Waals surface area contributed by atoms with Crippen LogP contribution in [0.2, 0.25) is 0 Å². The maximum atomic E-state index is 11.1. The lowest BCUT2D eigenvalue weighted by Crippen LogP contribution is -2.32. The normalized spacial score (nSPS) is 15.7. The van der Waals surface area contributed by atoms with Gasteiger partial charge < -0.3 is 14.6 Å². The van der Waals surface area contributed by atoms with Crippen molar-refractivity contribution in [3.05, 3.63) is 35.9 Å². The van der Waals surface area contributed by atoms with E-state index in [1.165, 1.54) is 0 Å². The minimum Gasteiger partial charge on any atom is -0.321 e. The first-order valence-corrected chi connectivity index (χ1v) is 8.92. The van der Waals surface area contributed by atoms with E-state index in [9.17, 15) is 9.36 Å². The molecule has 1 unspecified atom stereocenters. The van der Waals surface area contributed by atoms with Gasteiger partial charge in [-0.05, 0) is 5.56 Å². The Kier molecular flexibility index (Phi) is 5.94. The second-order valence-electron chi connectivity index (χ2n) is 4.12. The number of hydrogen-bond acceptors (Lipinski definition) is 6. The fraction of sp³-hybridized carbons (Fsp3) is 0.300. The summed E-state index contributed by atoms with van der Waals surface area (Å²) in [5.74, 6) is 0. The Labute approximate surface area is 115 Å². The van der Waals surface area contributed by atoms with Gasteiger partial charge in [-0.25, -0.2) is 0 Å². The van der Waals surface area contributed by atoms with Crippen LogP contribution in [0.15, 0.2) is 30.3 Å². The minimum atomic E-state index is -4.93. The number of benzene rings is 1. The summed E-state index contributed by atoms with van der Waals surface area (Å²) in [6, 6.07) is 7.45. The molecule has 112 valence electrons. The van der Waals surface area contributed by atoms with Crippen molar-refractivity contribution in [2.45, 2.75) is 11.4 Å². The standard InChI is InChI=1S/C10H15NO7P2/c12-7-9(8-4-2-1-3-5-8)11-6-10(19(13,14)15)20(16,17)18/h1-5,7,9-11,13-15H,6H2,(H-,16,17,18)/p+1/t9-,10?/m0/s1.